The largest absolute Gasteiger partial charge is 0.275 e. The molecule has 2 rings (SSSR count). The molecular weight excluding hydrogens is 186 g/mol. The topological polar surface area (TPSA) is 61.6 Å². The molecule has 14 heavy (non-hydrogen) atoms. The standard InChI is InChI=1S/C9H9NO4/c11-10(12)8-4-2-1-3-7(8)9-5-6-13-14-9/h1-4,9H,5-6H2. The van der Waals surface area contributed by atoms with Gasteiger partial charge in [-0.3, -0.25) is 10.1 Å². The van der Waals surface area contributed by atoms with Gasteiger partial charge in [-0.05, 0) is 6.07 Å². The van der Waals surface area contributed by atoms with Crippen molar-refractivity contribution < 1.29 is 14.7 Å². The van der Waals surface area contributed by atoms with Crippen LogP contribution in [-0.2, 0) is 9.78 Å². The number of nitrogens with zero attached hydrogens (tertiary/aromatic N) is 1. The fraction of sp³-hybridized carbons (Fsp3) is 0.333. The second kappa shape index (κ2) is 3.73. The zero-order valence-electron chi connectivity index (χ0n) is 7.38. The summed E-state index contributed by atoms with van der Waals surface area (Å²) in [5.41, 5.74) is 0.665. The third-order valence-corrected chi connectivity index (χ3v) is 2.13. The van der Waals surface area contributed by atoms with E-state index >= 15 is 0 Å². The zero-order valence-corrected chi connectivity index (χ0v) is 7.38. The summed E-state index contributed by atoms with van der Waals surface area (Å²) < 4.78 is 0. The molecule has 1 aromatic rings. The van der Waals surface area contributed by atoms with Crippen molar-refractivity contribution in [3.05, 3.63) is 39.9 Å². The molecule has 0 N–H and O–H groups in total. The summed E-state index contributed by atoms with van der Waals surface area (Å²) >= 11 is 0. The number of hydrogen-bond acceptors (Lipinski definition) is 4. The quantitative estimate of drug-likeness (QED) is 0.411. The molecule has 0 amide bonds. The molecule has 1 heterocycles. The number of para-hydroxylation sites is 1. The molecule has 1 unspecified atom stereocenters. The molecule has 1 fully saturated rings. The van der Waals surface area contributed by atoms with Crippen molar-refractivity contribution in [1.82, 2.24) is 0 Å². The highest BCUT2D eigenvalue weighted by Crippen LogP contribution is 2.32. The van der Waals surface area contributed by atoms with Crippen LogP contribution in [0.5, 0.6) is 0 Å². The first-order chi connectivity index (χ1) is 6.79. The molecule has 0 aliphatic carbocycles. The van der Waals surface area contributed by atoms with Gasteiger partial charge in [0.1, 0.15) is 6.10 Å². The average Bonchev–Trinajstić information content (AvgIpc) is 2.70. The minimum absolute atomic E-state index is 0.0861. The summed E-state index contributed by atoms with van der Waals surface area (Å²) in [6.45, 7) is 0.483. The minimum Gasteiger partial charge on any atom is -0.258 e. The number of hydrogen-bond donors (Lipinski definition) is 0. The number of benzene rings is 1. The molecule has 1 aromatic carbocycles. The van der Waals surface area contributed by atoms with Gasteiger partial charge in [0.2, 0.25) is 0 Å². The minimum atomic E-state index is -0.406. The molecule has 74 valence electrons. The van der Waals surface area contributed by atoms with E-state index in [4.69, 9.17) is 9.78 Å². The van der Waals surface area contributed by atoms with Crippen molar-refractivity contribution in [2.75, 3.05) is 6.61 Å². The van der Waals surface area contributed by atoms with Crippen molar-refractivity contribution in [3.8, 4) is 0 Å². The first-order valence-electron chi connectivity index (χ1n) is 4.30. The van der Waals surface area contributed by atoms with Crippen LogP contribution >= 0.6 is 0 Å². The fourth-order valence-corrected chi connectivity index (χ4v) is 1.47. The van der Waals surface area contributed by atoms with Gasteiger partial charge in [-0.2, -0.15) is 0 Å². The normalized spacial score (nSPS) is 21.0. The summed E-state index contributed by atoms with van der Waals surface area (Å²) in [6, 6.07) is 6.55. The first-order valence-corrected chi connectivity index (χ1v) is 4.30. The maximum atomic E-state index is 10.7. The van der Waals surface area contributed by atoms with Gasteiger partial charge in [0.25, 0.3) is 5.69 Å². The van der Waals surface area contributed by atoms with E-state index in [1.54, 1.807) is 18.2 Å². The third kappa shape index (κ3) is 1.59. The molecule has 0 saturated carbocycles. The maximum Gasteiger partial charge on any atom is 0.275 e. The Labute approximate surface area is 80.3 Å². The van der Waals surface area contributed by atoms with Crippen molar-refractivity contribution in [2.45, 2.75) is 12.5 Å². The van der Waals surface area contributed by atoms with E-state index < -0.39 is 4.92 Å². The molecule has 1 aliphatic rings. The Bertz CT molecular complexity index is 346. The van der Waals surface area contributed by atoms with Crippen LogP contribution in [-0.4, -0.2) is 11.5 Å². The Morgan fingerprint density at radius 1 is 1.43 bits per heavy atom. The molecule has 1 aliphatic heterocycles. The lowest BCUT2D eigenvalue weighted by molar-refractivity contribution is -0.387. The summed E-state index contributed by atoms with van der Waals surface area (Å²) in [4.78, 5) is 19.9. The SMILES string of the molecule is O=[N+]([O-])c1ccccc1C1CCOO1. The Morgan fingerprint density at radius 2 is 2.21 bits per heavy atom. The fourth-order valence-electron chi connectivity index (χ4n) is 1.47. The van der Waals surface area contributed by atoms with Crippen LogP contribution in [0.1, 0.15) is 18.1 Å². The van der Waals surface area contributed by atoms with Gasteiger partial charge >= 0.3 is 0 Å². The van der Waals surface area contributed by atoms with E-state index in [-0.39, 0.29) is 11.8 Å². The van der Waals surface area contributed by atoms with E-state index in [2.05, 4.69) is 0 Å². The number of nitro benzene ring substituents is 1. The van der Waals surface area contributed by atoms with Crippen LogP contribution in [0.25, 0.3) is 0 Å². The van der Waals surface area contributed by atoms with Crippen molar-refractivity contribution in [3.63, 3.8) is 0 Å². The molecule has 0 radical (unpaired) electrons. The lowest BCUT2D eigenvalue weighted by Crippen LogP contribution is -2.00. The van der Waals surface area contributed by atoms with Gasteiger partial charge in [-0.25, -0.2) is 9.78 Å². The van der Waals surface area contributed by atoms with Gasteiger partial charge in [0.05, 0.1) is 17.1 Å². The van der Waals surface area contributed by atoms with Crippen molar-refractivity contribution in [1.29, 1.82) is 0 Å². The van der Waals surface area contributed by atoms with E-state index in [0.717, 1.165) is 0 Å². The predicted molar refractivity (Wildman–Crippen MR) is 47.5 cm³/mol. The van der Waals surface area contributed by atoms with Gasteiger partial charge in [-0.1, -0.05) is 12.1 Å². The van der Waals surface area contributed by atoms with Crippen LogP contribution in [0, 0.1) is 10.1 Å². The molecular formula is C9H9NO4. The molecule has 5 heteroatoms. The van der Waals surface area contributed by atoms with Crippen LogP contribution in [0.3, 0.4) is 0 Å². The second-order valence-electron chi connectivity index (χ2n) is 3.01. The van der Waals surface area contributed by atoms with Crippen LogP contribution in [0.4, 0.5) is 5.69 Å². The monoisotopic (exact) mass is 195 g/mol. The highest BCUT2D eigenvalue weighted by molar-refractivity contribution is 5.41. The molecule has 1 saturated heterocycles. The lowest BCUT2D eigenvalue weighted by Gasteiger charge is -2.06. The van der Waals surface area contributed by atoms with Gasteiger partial charge in [0.15, 0.2) is 0 Å². The zero-order chi connectivity index (χ0) is 9.97. The third-order valence-electron chi connectivity index (χ3n) is 2.13. The average molecular weight is 195 g/mol. The molecule has 1 atom stereocenters. The summed E-state index contributed by atoms with van der Waals surface area (Å²) in [7, 11) is 0. The Kier molecular flexibility index (Phi) is 2.43. The van der Waals surface area contributed by atoms with Crippen molar-refractivity contribution >= 4 is 5.69 Å². The highest BCUT2D eigenvalue weighted by Gasteiger charge is 2.26. The Morgan fingerprint density at radius 3 is 2.86 bits per heavy atom. The highest BCUT2D eigenvalue weighted by atomic mass is 17.2. The number of nitro groups is 1. The number of rotatable bonds is 2. The Hall–Kier alpha value is -1.46. The van der Waals surface area contributed by atoms with Gasteiger partial charge < -0.3 is 0 Å². The van der Waals surface area contributed by atoms with E-state index in [1.165, 1.54) is 6.07 Å². The van der Waals surface area contributed by atoms with Crippen LogP contribution < -0.4 is 0 Å². The predicted octanol–water partition coefficient (Wildman–Crippen LogP) is 1.99. The van der Waals surface area contributed by atoms with E-state index in [9.17, 15) is 10.1 Å². The van der Waals surface area contributed by atoms with Crippen LogP contribution in [0.15, 0.2) is 24.3 Å². The smallest absolute Gasteiger partial charge is 0.258 e. The second-order valence-corrected chi connectivity index (χ2v) is 3.01. The summed E-state index contributed by atoms with van der Waals surface area (Å²) in [5, 5.41) is 10.7. The molecule has 0 bridgehead atoms. The van der Waals surface area contributed by atoms with E-state index in [1.807, 2.05) is 0 Å². The van der Waals surface area contributed by atoms with Gasteiger partial charge in [0, 0.05) is 12.5 Å². The first kappa shape index (κ1) is 9.11. The van der Waals surface area contributed by atoms with Crippen LogP contribution in [0.2, 0.25) is 0 Å². The van der Waals surface area contributed by atoms with E-state index in [0.29, 0.717) is 18.6 Å². The van der Waals surface area contributed by atoms with Gasteiger partial charge in [-0.15, -0.1) is 0 Å². The molecule has 5 nitrogen and oxygen atoms in total. The molecule has 0 aromatic heterocycles. The van der Waals surface area contributed by atoms with Crippen molar-refractivity contribution in [2.24, 2.45) is 0 Å². The molecule has 0 spiro atoms. The maximum absolute atomic E-state index is 10.7. The lowest BCUT2D eigenvalue weighted by atomic mass is 10.1. The summed E-state index contributed by atoms with van der Waals surface area (Å²) in [5.74, 6) is 0. The summed E-state index contributed by atoms with van der Waals surface area (Å²) in [6.07, 6.45) is 0.349. The Balaban J connectivity index is 2.35.